The van der Waals surface area contributed by atoms with Crippen LogP contribution in [0.25, 0.3) is 0 Å². The molecule has 4 N–H and O–H groups in total. The van der Waals surface area contributed by atoms with Crippen LogP contribution in [0, 0.1) is 0 Å². The number of amides is 1. The molecule has 0 aliphatic carbocycles. The summed E-state index contributed by atoms with van der Waals surface area (Å²) in [6, 6.07) is 8.15. The Kier molecular flexibility index (Phi) is 7.11. The summed E-state index contributed by atoms with van der Waals surface area (Å²) in [6.07, 6.45) is 0.753. The van der Waals surface area contributed by atoms with Gasteiger partial charge < -0.3 is 30.5 Å². The van der Waals surface area contributed by atoms with Crippen molar-refractivity contribution in [1.82, 2.24) is 4.90 Å². The van der Waals surface area contributed by atoms with Crippen LogP contribution in [0.2, 0.25) is 0 Å². The fourth-order valence-electron chi connectivity index (χ4n) is 2.75. The van der Waals surface area contributed by atoms with Crippen LogP contribution in [-0.2, 0) is 4.74 Å². The van der Waals surface area contributed by atoms with Gasteiger partial charge in [-0.3, -0.25) is 0 Å². The number of benzene rings is 1. The summed E-state index contributed by atoms with van der Waals surface area (Å²) in [5.74, 6) is 0. The standard InChI is InChI=1S/C19H31N3O4/c1-19(2,3)26-18(25)22-10-8-16(9-11-22)21-15-6-4-14(5-7-15)20-12-17(24)13-23/h4-7,16-17,20-21,23-24H,8-13H2,1-3H3. The molecule has 0 spiro atoms. The van der Waals surface area contributed by atoms with Gasteiger partial charge in [0.15, 0.2) is 0 Å². The Bertz CT molecular complexity index is 563. The van der Waals surface area contributed by atoms with Crippen molar-refractivity contribution in [3.8, 4) is 0 Å². The van der Waals surface area contributed by atoms with Crippen molar-refractivity contribution < 1.29 is 19.7 Å². The van der Waals surface area contributed by atoms with E-state index in [1.54, 1.807) is 4.90 Å². The second kappa shape index (κ2) is 9.09. The number of nitrogens with one attached hydrogen (secondary N) is 2. The van der Waals surface area contributed by atoms with Crippen LogP contribution in [0.3, 0.4) is 0 Å². The molecule has 1 fully saturated rings. The van der Waals surface area contributed by atoms with E-state index in [2.05, 4.69) is 10.6 Å². The van der Waals surface area contributed by atoms with Crippen LogP contribution in [0.1, 0.15) is 33.6 Å². The van der Waals surface area contributed by atoms with E-state index in [-0.39, 0.29) is 12.7 Å². The molecular formula is C19H31N3O4. The number of hydrogen-bond acceptors (Lipinski definition) is 6. The molecule has 0 bridgehead atoms. The lowest BCUT2D eigenvalue weighted by Gasteiger charge is -2.34. The molecule has 7 heteroatoms. The smallest absolute Gasteiger partial charge is 0.410 e. The molecule has 2 rings (SSSR count). The minimum absolute atomic E-state index is 0.239. The Morgan fingerprint density at radius 1 is 1.23 bits per heavy atom. The molecule has 1 amide bonds. The zero-order chi connectivity index (χ0) is 19.2. The van der Waals surface area contributed by atoms with Gasteiger partial charge in [-0.05, 0) is 57.9 Å². The first-order chi connectivity index (χ1) is 12.3. The van der Waals surface area contributed by atoms with Crippen LogP contribution in [0.4, 0.5) is 16.2 Å². The highest BCUT2D eigenvalue weighted by molar-refractivity contribution is 5.68. The summed E-state index contributed by atoms with van der Waals surface area (Å²) in [5.41, 5.74) is 1.45. The number of aliphatic hydroxyl groups is 2. The van der Waals surface area contributed by atoms with Crippen LogP contribution in [-0.4, -0.2) is 65.2 Å². The summed E-state index contributed by atoms with van der Waals surface area (Å²) < 4.78 is 5.42. The first kappa shape index (κ1) is 20.3. The lowest BCUT2D eigenvalue weighted by molar-refractivity contribution is 0.0210. The second-order valence-corrected chi connectivity index (χ2v) is 7.68. The van der Waals surface area contributed by atoms with Crippen LogP contribution in [0.5, 0.6) is 0 Å². The number of hydrogen-bond donors (Lipinski definition) is 4. The van der Waals surface area contributed by atoms with Crippen LogP contribution < -0.4 is 10.6 Å². The quantitative estimate of drug-likeness (QED) is 0.618. The molecule has 1 aromatic carbocycles. The molecule has 1 saturated heterocycles. The second-order valence-electron chi connectivity index (χ2n) is 7.68. The van der Waals surface area contributed by atoms with Gasteiger partial charge in [0.25, 0.3) is 0 Å². The van der Waals surface area contributed by atoms with E-state index in [1.165, 1.54) is 0 Å². The fourth-order valence-corrected chi connectivity index (χ4v) is 2.75. The Labute approximate surface area is 155 Å². The monoisotopic (exact) mass is 365 g/mol. The van der Waals surface area contributed by atoms with Gasteiger partial charge in [-0.15, -0.1) is 0 Å². The first-order valence-electron chi connectivity index (χ1n) is 9.14. The molecule has 1 aliphatic rings. The van der Waals surface area contributed by atoms with Gasteiger partial charge in [-0.25, -0.2) is 4.79 Å². The van der Waals surface area contributed by atoms with Gasteiger partial charge in [0.2, 0.25) is 0 Å². The summed E-state index contributed by atoms with van der Waals surface area (Å²) in [7, 11) is 0. The number of rotatable bonds is 6. The number of ether oxygens (including phenoxy) is 1. The van der Waals surface area contributed by atoms with Crippen molar-refractivity contribution in [2.75, 3.05) is 36.9 Å². The number of anilines is 2. The van der Waals surface area contributed by atoms with Crippen LogP contribution in [0.15, 0.2) is 24.3 Å². The highest BCUT2D eigenvalue weighted by Gasteiger charge is 2.26. The van der Waals surface area contributed by atoms with Crippen molar-refractivity contribution in [3.05, 3.63) is 24.3 Å². The zero-order valence-electron chi connectivity index (χ0n) is 15.9. The number of likely N-dealkylation sites (tertiary alicyclic amines) is 1. The summed E-state index contributed by atoms with van der Waals surface area (Å²) >= 11 is 0. The Morgan fingerprint density at radius 3 is 2.35 bits per heavy atom. The zero-order valence-corrected chi connectivity index (χ0v) is 15.9. The number of piperidine rings is 1. The molecule has 0 aromatic heterocycles. The SMILES string of the molecule is CC(C)(C)OC(=O)N1CCC(Nc2ccc(NCC(O)CO)cc2)CC1. The van der Waals surface area contributed by atoms with E-state index in [9.17, 15) is 9.90 Å². The Balaban J connectivity index is 1.76. The number of nitrogens with zero attached hydrogens (tertiary/aromatic N) is 1. The molecule has 1 unspecified atom stereocenters. The van der Waals surface area contributed by atoms with E-state index in [1.807, 2.05) is 45.0 Å². The topological polar surface area (TPSA) is 94.1 Å². The van der Waals surface area contributed by atoms with Crippen molar-refractivity contribution in [2.24, 2.45) is 0 Å². The van der Waals surface area contributed by atoms with Gasteiger partial charge in [0, 0.05) is 37.1 Å². The molecule has 26 heavy (non-hydrogen) atoms. The van der Waals surface area contributed by atoms with E-state index >= 15 is 0 Å². The average molecular weight is 365 g/mol. The molecule has 7 nitrogen and oxygen atoms in total. The molecule has 146 valence electrons. The van der Waals surface area contributed by atoms with Gasteiger partial charge in [0.05, 0.1) is 12.7 Å². The minimum atomic E-state index is -0.761. The Morgan fingerprint density at radius 2 is 1.81 bits per heavy atom. The third-order valence-corrected chi connectivity index (χ3v) is 4.15. The minimum Gasteiger partial charge on any atom is -0.444 e. The maximum atomic E-state index is 12.1. The number of aliphatic hydroxyl groups excluding tert-OH is 2. The maximum Gasteiger partial charge on any atom is 0.410 e. The third kappa shape index (κ3) is 6.72. The highest BCUT2D eigenvalue weighted by Crippen LogP contribution is 2.20. The largest absolute Gasteiger partial charge is 0.444 e. The molecular weight excluding hydrogens is 334 g/mol. The van der Waals surface area contributed by atoms with Gasteiger partial charge in [-0.1, -0.05) is 0 Å². The predicted octanol–water partition coefficient (Wildman–Crippen LogP) is 2.26. The lowest BCUT2D eigenvalue weighted by Crippen LogP contribution is -2.44. The van der Waals surface area contributed by atoms with Crippen molar-refractivity contribution in [3.63, 3.8) is 0 Å². The molecule has 0 radical (unpaired) electrons. The molecule has 0 saturated carbocycles. The van der Waals surface area contributed by atoms with Gasteiger partial charge >= 0.3 is 6.09 Å². The summed E-state index contributed by atoms with van der Waals surface area (Å²) in [4.78, 5) is 13.9. The van der Waals surface area contributed by atoms with Crippen LogP contribution >= 0.6 is 0 Å². The highest BCUT2D eigenvalue weighted by atomic mass is 16.6. The van der Waals surface area contributed by atoms with E-state index in [0.29, 0.717) is 25.7 Å². The predicted molar refractivity (Wildman–Crippen MR) is 102 cm³/mol. The molecule has 1 atom stereocenters. The maximum absolute atomic E-state index is 12.1. The molecule has 1 aliphatic heterocycles. The number of carbonyl (C=O) groups is 1. The fraction of sp³-hybridized carbons (Fsp3) is 0.632. The normalized spacial score (nSPS) is 16.9. The Hall–Kier alpha value is -1.99. The van der Waals surface area contributed by atoms with Crippen molar-refractivity contribution in [1.29, 1.82) is 0 Å². The van der Waals surface area contributed by atoms with Crippen molar-refractivity contribution >= 4 is 17.5 Å². The van der Waals surface area contributed by atoms with E-state index in [4.69, 9.17) is 9.84 Å². The first-order valence-corrected chi connectivity index (χ1v) is 9.14. The molecule has 1 aromatic rings. The average Bonchev–Trinajstić information content (AvgIpc) is 2.60. The molecule has 1 heterocycles. The number of carbonyl (C=O) groups excluding carboxylic acids is 1. The lowest BCUT2D eigenvalue weighted by atomic mass is 10.0. The van der Waals surface area contributed by atoms with Gasteiger partial charge in [-0.2, -0.15) is 0 Å². The van der Waals surface area contributed by atoms with Gasteiger partial charge in [0.1, 0.15) is 5.60 Å². The third-order valence-electron chi connectivity index (χ3n) is 4.15. The summed E-state index contributed by atoms with van der Waals surface area (Å²) in [5, 5.41) is 24.7. The van der Waals surface area contributed by atoms with E-state index < -0.39 is 11.7 Å². The summed E-state index contributed by atoms with van der Waals surface area (Å²) in [6.45, 7) is 7.06. The van der Waals surface area contributed by atoms with Crippen molar-refractivity contribution in [2.45, 2.75) is 51.4 Å². The van der Waals surface area contributed by atoms with E-state index in [0.717, 1.165) is 24.2 Å².